The summed E-state index contributed by atoms with van der Waals surface area (Å²) in [7, 11) is 0. The summed E-state index contributed by atoms with van der Waals surface area (Å²) >= 11 is 1.47. The van der Waals surface area contributed by atoms with Crippen LogP contribution in [0.1, 0.15) is 49.5 Å². The quantitative estimate of drug-likeness (QED) is 0.766. The van der Waals surface area contributed by atoms with Crippen molar-refractivity contribution in [1.29, 1.82) is 0 Å². The van der Waals surface area contributed by atoms with Crippen LogP contribution >= 0.6 is 11.3 Å². The van der Waals surface area contributed by atoms with Crippen molar-refractivity contribution in [3.05, 3.63) is 5.01 Å². The number of nitrogens with zero attached hydrogens (tertiary/aromatic N) is 3. The van der Waals surface area contributed by atoms with Gasteiger partial charge in [0.15, 0.2) is 5.78 Å². The van der Waals surface area contributed by atoms with Gasteiger partial charge in [0, 0.05) is 5.92 Å². The molecule has 1 aromatic rings. The number of carbonyl (C=O) groups is 2. The topological polar surface area (TPSA) is 63.2 Å². The molecule has 0 atom stereocenters. The number of rotatable bonds is 2. The van der Waals surface area contributed by atoms with Crippen molar-refractivity contribution < 1.29 is 9.59 Å². The monoisotopic (exact) mass is 265 g/mol. The Morgan fingerprint density at radius 2 is 1.89 bits per heavy atom. The highest BCUT2D eigenvalue weighted by molar-refractivity contribution is 7.15. The summed E-state index contributed by atoms with van der Waals surface area (Å²) in [6.07, 6.45) is 6.16. The number of Topliss-reactive ketones (excluding diaryl/α,β-unsaturated/α-hetero) is 1. The van der Waals surface area contributed by atoms with Crippen LogP contribution in [0, 0.1) is 0 Å². The molecule has 1 aliphatic heterocycles. The minimum atomic E-state index is -0.147. The average molecular weight is 265 g/mol. The lowest BCUT2D eigenvalue weighted by atomic mass is 9.90. The Hall–Kier alpha value is -1.30. The first-order valence-electron chi connectivity index (χ1n) is 6.39. The first kappa shape index (κ1) is 11.8. The normalized spacial score (nSPS) is 21.9. The molecule has 5 nitrogen and oxygen atoms in total. The number of hydrogen-bond acceptors (Lipinski definition) is 5. The van der Waals surface area contributed by atoms with E-state index in [0.717, 1.165) is 5.01 Å². The highest BCUT2D eigenvalue weighted by Crippen LogP contribution is 2.36. The van der Waals surface area contributed by atoms with E-state index in [0.29, 0.717) is 11.0 Å². The molecule has 0 aromatic carbocycles. The predicted molar refractivity (Wildman–Crippen MR) is 67.7 cm³/mol. The Labute approximate surface area is 109 Å². The van der Waals surface area contributed by atoms with Crippen molar-refractivity contribution in [1.82, 2.24) is 10.2 Å². The Morgan fingerprint density at radius 3 is 2.56 bits per heavy atom. The van der Waals surface area contributed by atoms with Crippen molar-refractivity contribution in [2.24, 2.45) is 0 Å². The minimum absolute atomic E-state index is 0.0122. The van der Waals surface area contributed by atoms with E-state index in [-0.39, 0.29) is 24.7 Å². The van der Waals surface area contributed by atoms with Crippen LogP contribution in [0.25, 0.3) is 0 Å². The van der Waals surface area contributed by atoms with Crippen molar-refractivity contribution in [2.45, 2.75) is 44.4 Å². The largest absolute Gasteiger partial charge is 0.297 e. The van der Waals surface area contributed by atoms with E-state index < -0.39 is 0 Å². The smallest absolute Gasteiger partial charge is 0.236 e. The molecule has 1 saturated heterocycles. The number of aromatic nitrogens is 2. The van der Waals surface area contributed by atoms with Gasteiger partial charge in [-0.25, -0.2) is 0 Å². The van der Waals surface area contributed by atoms with Gasteiger partial charge in [0.25, 0.3) is 0 Å². The van der Waals surface area contributed by atoms with Crippen LogP contribution in [-0.2, 0) is 9.59 Å². The molecule has 0 radical (unpaired) electrons. The lowest BCUT2D eigenvalue weighted by molar-refractivity contribution is -0.121. The van der Waals surface area contributed by atoms with Crippen LogP contribution in [0.4, 0.5) is 5.13 Å². The molecule has 2 fully saturated rings. The molecule has 0 bridgehead atoms. The molecule has 0 spiro atoms. The first-order valence-corrected chi connectivity index (χ1v) is 7.21. The Kier molecular flexibility index (Phi) is 3.11. The number of anilines is 1. The summed E-state index contributed by atoms with van der Waals surface area (Å²) in [5, 5.41) is 9.90. The molecule has 2 heterocycles. The maximum absolute atomic E-state index is 11.6. The lowest BCUT2D eigenvalue weighted by Crippen LogP contribution is -2.24. The molecule has 6 heteroatoms. The van der Waals surface area contributed by atoms with Gasteiger partial charge in [-0.05, 0) is 12.8 Å². The van der Waals surface area contributed by atoms with Gasteiger partial charge in [-0.3, -0.25) is 14.5 Å². The fourth-order valence-electron chi connectivity index (χ4n) is 2.61. The molecule has 0 unspecified atom stereocenters. The Morgan fingerprint density at radius 1 is 1.11 bits per heavy atom. The van der Waals surface area contributed by atoms with Gasteiger partial charge in [-0.1, -0.05) is 30.6 Å². The maximum Gasteiger partial charge on any atom is 0.236 e. The molecule has 18 heavy (non-hydrogen) atoms. The zero-order valence-corrected chi connectivity index (χ0v) is 10.9. The van der Waals surface area contributed by atoms with E-state index in [1.54, 1.807) is 0 Å². The standard InChI is InChI=1S/C12H15N3O2S/c16-9-6-10(17)15(7-9)12-14-13-11(18-12)8-4-2-1-3-5-8/h8H,1-7H2. The third-order valence-corrected chi connectivity index (χ3v) is 4.71. The zero-order chi connectivity index (χ0) is 12.5. The second kappa shape index (κ2) is 4.76. The van der Waals surface area contributed by atoms with Crippen LogP contribution in [0.3, 0.4) is 0 Å². The van der Waals surface area contributed by atoms with Gasteiger partial charge in [0.2, 0.25) is 11.0 Å². The van der Waals surface area contributed by atoms with E-state index in [1.807, 2.05) is 0 Å². The van der Waals surface area contributed by atoms with Crippen LogP contribution < -0.4 is 4.90 Å². The molecule has 1 aliphatic carbocycles. The predicted octanol–water partition coefficient (Wildman–Crippen LogP) is 1.89. The third-order valence-electron chi connectivity index (χ3n) is 3.60. The van der Waals surface area contributed by atoms with Gasteiger partial charge >= 0.3 is 0 Å². The maximum atomic E-state index is 11.6. The number of amides is 1. The molecular formula is C12H15N3O2S. The van der Waals surface area contributed by atoms with Crippen molar-refractivity contribution in [2.75, 3.05) is 11.4 Å². The van der Waals surface area contributed by atoms with Crippen LogP contribution in [0.15, 0.2) is 0 Å². The number of carbonyl (C=O) groups excluding carboxylic acids is 2. The molecule has 96 valence electrons. The van der Waals surface area contributed by atoms with Gasteiger partial charge < -0.3 is 0 Å². The van der Waals surface area contributed by atoms with Gasteiger partial charge in [0.1, 0.15) is 5.01 Å². The fraction of sp³-hybridized carbons (Fsp3) is 0.667. The molecule has 1 saturated carbocycles. The second-order valence-electron chi connectivity index (χ2n) is 4.95. The molecule has 1 amide bonds. The van der Waals surface area contributed by atoms with Crippen molar-refractivity contribution in [3.8, 4) is 0 Å². The summed E-state index contributed by atoms with van der Waals surface area (Å²) in [6.45, 7) is 0.165. The summed E-state index contributed by atoms with van der Waals surface area (Å²) in [5.41, 5.74) is 0. The number of hydrogen-bond donors (Lipinski definition) is 0. The van der Waals surface area contributed by atoms with E-state index in [2.05, 4.69) is 10.2 Å². The number of ketones is 1. The summed E-state index contributed by atoms with van der Waals surface area (Å²) < 4.78 is 0. The highest BCUT2D eigenvalue weighted by Gasteiger charge is 2.31. The van der Waals surface area contributed by atoms with Gasteiger partial charge in [-0.15, -0.1) is 10.2 Å². The van der Waals surface area contributed by atoms with E-state index in [4.69, 9.17) is 0 Å². The van der Waals surface area contributed by atoms with Crippen molar-refractivity contribution >= 4 is 28.2 Å². The Bertz CT molecular complexity index is 479. The van der Waals surface area contributed by atoms with E-state index >= 15 is 0 Å². The third kappa shape index (κ3) is 2.16. The molecule has 1 aromatic heterocycles. The first-order chi connectivity index (χ1) is 8.74. The van der Waals surface area contributed by atoms with Crippen LogP contribution in [0.5, 0.6) is 0 Å². The molecular weight excluding hydrogens is 250 g/mol. The van der Waals surface area contributed by atoms with Gasteiger partial charge in [0.05, 0.1) is 13.0 Å². The molecule has 3 rings (SSSR count). The SMILES string of the molecule is O=C1CC(=O)N(c2nnc(C3CCCCC3)s2)C1. The second-order valence-corrected chi connectivity index (χ2v) is 5.94. The lowest BCUT2D eigenvalue weighted by Gasteiger charge is -2.18. The van der Waals surface area contributed by atoms with Gasteiger partial charge in [-0.2, -0.15) is 0 Å². The molecule has 2 aliphatic rings. The van der Waals surface area contributed by atoms with Crippen molar-refractivity contribution in [3.63, 3.8) is 0 Å². The van der Waals surface area contributed by atoms with Crippen LogP contribution in [0.2, 0.25) is 0 Å². The highest BCUT2D eigenvalue weighted by atomic mass is 32.1. The van der Waals surface area contributed by atoms with Crippen LogP contribution in [-0.4, -0.2) is 28.4 Å². The minimum Gasteiger partial charge on any atom is -0.297 e. The summed E-state index contributed by atoms with van der Waals surface area (Å²) in [5.74, 6) is 0.319. The Balaban J connectivity index is 1.76. The fourth-order valence-corrected chi connectivity index (χ4v) is 3.64. The van der Waals surface area contributed by atoms with E-state index in [1.165, 1.54) is 48.3 Å². The summed E-state index contributed by atoms with van der Waals surface area (Å²) in [6, 6.07) is 0. The average Bonchev–Trinajstić information content (AvgIpc) is 2.97. The zero-order valence-electron chi connectivity index (χ0n) is 10.1. The summed E-state index contributed by atoms with van der Waals surface area (Å²) in [4.78, 5) is 24.3. The molecule has 0 N–H and O–H groups in total. The van der Waals surface area contributed by atoms with E-state index in [9.17, 15) is 9.59 Å².